The van der Waals surface area contributed by atoms with E-state index in [4.69, 9.17) is 9.47 Å². The predicted octanol–water partition coefficient (Wildman–Crippen LogP) is 2.65. The zero-order chi connectivity index (χ0) is 23.8. The third-order valence-electron chi connectivity index (χ3n) is 5.94. The molecule has 0 saturated carbocycles. The molecular weight excluding hydrogens is 412 g/mol. The molecule has 1 aliphatic heterocycles. The third-order valence-corrected chi connectivity index (χ3v) is 5.94. The first kappa shape index (κ1) is 28.8. The topological polar surface area (TPSA) is 117 Å². The van der Waals surface area contributed by atoms with Crippen molar-refractivity contribution in [1.82, 2.24) is 10.6 Å². The highest BCUT2D eigenvalue weighted by Crippen LogP contribution is 2.16. The number of aliphatic hydroxyl groups is 2. The molecule has 4 unspecified atom stereocenters. The Hall–Kier alpha value is -1.22. The van der Waals surface area contributed by atoms with Gasteiger partial charge in [-0.15, -0.1) is 0 Å². The molecule has 1 rings (SSSR count). The van der Waals surface area contributed by atoms with Crippen LogP contribution in [0.25, 0.3) is 0 Å². The number of unbranched alkanes of at least 4 members (excludes halogenated alkanes) is 9. The van der Waals surface area contributed by atoms with Crippen LogP contribution in [-0.2, 0) is 19.1 Å². The number of carbonyl (C=O) groups excluding carboxylic acids is 2. The van der Waals surface area contributed by atoms with Crippen molar-refractivity contribution >= 4 is 11.8 Å². The van der Waals surface area contributed by atoms with Gasteiger partial charge in [0, 0.05) is 13.5 Å². The van der Waals surface area contributed by atoms with E-state index in [1.54, 1.807) is 0 Å². The summed E-state index contributed by atoms with van der Waals surface area (Å²) in [5, 5.41) is 25.1. The maximum Gasteiger partial charge on any atom is 0.239 e. The second-order valence-electron chi connectivity index (χ2n) is 9.34. The number of aliphatic hydroxyl groups excluding tert-OH is 2. The van der Waals surface area contributed by atoms with Gasteiger partial charge in [0.2, 0.25) is 11.8 Å². The van der Waals surface area contributed by atoms with E-state index in [-0.39, 0.29) is 19.1 Å². The van der Waals surface area contributed by atoms with Crippen molar-refractivity contribution < 1.29 is 29.3 Å². The largest absolute Gasteiger partial charge is 0.388 e. The lowest BCUT2D eigenvalue weighted by molar-refractivity contribution is -0.240. The minimum Gasteiger partial charge on any atom is -0.388 e. The van der Waals surface area contributed by atoms with E-state index in [1.165, 1.54) is 58.5 Å². The van der Waals surface area contributed by atoms with E-state index in [2.05, 4.69) is 24.5 Å². The van der Waals surface area contributed by atoms with Crippen molar-refractivity contribution in [2.24, 2.45) is 5.92 Å². The molecule has 2 amide bonds. The average Bonchev–Trinajstić information content (AvgIpc) is 2.76. The van der Waals surface area contributed by atoms with Crippen LogP contribution < -0.4 is 10.6 Å². The van der Waals surface area contributed by atoms with Gasteiger partial charge in [0.1, 0.15) is 12.2 Å². The molecule has 0 aromatic rings. The number of hydrogen-bond acceptors (Lipinski definition) is 6. The molecule has 1 saturated heterocycles. The number of carbonyl (C=O) groups is 2. The van der Waals surface area contributed by atoms with E-state index in [0.717, 1.165) is 25.2 Å². The van der Waals surface area contributed by atoms with Gasteiger partial charge in [0.05, 0.1) is 19.2 Å². The molecule has 32 heavy (non-hydrogen) atoms. The molecule has 8 heteroatoms. The Morgan fingerprint density at radius 2 is 1.47 bits per heavy atom. The van der Waals surface area contributed by atoms with Crippen LogP contribution in [0.4, 0.5) is 0 Å². The molecule has 4 atom stereocenters. The zero-order valence-electron chi connectivity index (χ0n) is 20.3. The quantitative estimate of drug-likeness (QED) is 0.249. The smallest absolute Gasteiger partial charge is 0.239 e. The Morgan fingerprint density at radius 1 is 0.906 bits per heavy atom. The third kappa shape index (κ3) is 12.7. The number of hydrogen-bond donors (Lipinski definition) is 4. The van der Waals surface area contributed by atoms with Crippen molar-refractivity contribution in [3.05, 3.63) is 0 Å². The van der Waals surface area contributed by atoms with Crippen molar-refractivity contribution in [2.75, 3.05) is 20.3 Å². The highest BCUT2D eigenvalue weighted by atomic mass is 16.7. The van der Waals surface area contributed by atoms with Gasteiger partial charge in [-0.05, 0) is 12.3 Å². The Morgan fingerprint density at radius 3 is 2.03 bits per heavy atom. The molecule has 0 radical (unpaired) electrons. The highest BCUT2D eigenvalue weighted by Gasteiger charge is 2.39. The van der Waals surface area contributed by atoms with Gasteiger partial charge in [0.25, 0.3) is 0 Å². The lowest BCUT2D eigenvalue weighted by Crippen LogP contribution is -2.60. The first-order valence-electron chi connectivity index (χ1n) is 12.4. The number of ether oxygens (including phenoxy) is 2. The summed E-state index contributed by atoms with van der Waals surface area (Å²) in [6, 6.07) is -0.749. The fraction of sp³-hybridized carbons (Fsp3) is 0.917. The molecule has 1 aliphatic rings. The molecule has 1 heterocycles. The van der Waals surface area contributed by atoms with Gasteiger partial charge in [-0.1, -0.05) is 78.1 Å². The minimum atomic E-state index is -1.25. The van der Waals surface area contributed by atoms with Crippen LogP contribution in [0.1, 0.15) is 90.9 Å². The fourth-order valence-electron chi connectivity index (χ4n) is 3.91. The summed E-state index contributed by atoms with van der Waals surface area (Å²) in [5.74, 6) is 0.236. The summed E-state index contributed by atoms with van der Waals surface area (Å²) in [6.07, 6.45) is 10.6. The predicted molar refractivity (Wildman–Crippen MR) is 124 cm³/mol. The first-order valence-corrected chi connectivity index (χ1v) is 12.4. The van der Waals surface area contributed by atoms with Crippen molar-refractivity contribution in [3.8, 4) is 0 Å². The minimum absolute atomic E-state index is 0.0224. The zero-order valence-corrected chi connectivity index (χ0v) is 20.3. The van der Waals surface area contributed by atoms with Crippen LogP contribution in [-0.4, -0.2) is 66.8 Å². The van der Waals surface area contributed by atoms with Gasteiger partial charge < -0.3 is 30.3 Å². The summed E-state index contributed by atoms with van der Waals surface area (Å²) in [4.78, 5) is 23.9. The van der Waals surface area contributed by atoms with Crippen LogP contribution >= 0.6 is 0 Å². The number of methoxy groups -OCH3 is 1. The van der Waals surface area contributed by atoms with E-state index < -0.39 is 30.4 Å². The SMILES string of the molecule is COC1OCC(NC(=O)CNC(=O)CCCCCCCCCCCCC(C)C)C(O)C1O. The Labute approximate surface area is 193 Å². The van der Waals surface area contributed by atoms with Gasteiger partial charge in [-0.2, -0.15) is 0 Å². The second-order valence-corrected chi connectivity index (χ2v) is 9.34. The van der Waals surface area contributed by atoms with E-state index in [9.17, 15) is 19.8 Å². The molecular formula is C24H46N2O6. The monoisotopic (exact) mass is 458 g/mol. The molecule has 4 N–H and O–H groups in total. The van der Waals surface area contributed by atoms with Crippen LogP contribution in [0.15, 0.2) is 0 Å². The Kier molecular flexibility index (Phi) is 15.6. The summed E-state index contributed by atoms with van der Waals surface area (Å²) >= 11 is 0. The van der Waals surface area contributed by atoms with Gasteiger partial charge >= 0.3 is 0 Å². The first-order chi connectivity index (χ1) is 15.3. The van der Waals surface area contributed by atoms with Crippen LogP contribution in [0.2, 0.25) is 0 Å². The van der Waals surface area contributed by atoms with Crippen molar-refractivity contribution in [1.29, 1.82) is 0 Å². The molecule has 0 bridgehead atoms. The van der Waals surface area contributed by atoms with Gasteiger partial charge in [0.15, 0.2) is 6.29 Å². The highest BCUT2D eigenvalue weighted by molar-refractivity contribution is 5.84. The number of rotatable bonds is 17. The Balaban J connectivity index is 1.96. The molecule has 188 valence electrons. The fourth-order valence-corrected chi connectivity index (χ4v) is 3.91. The molecule has 0 aliphatic carbocycles. The van der Waals surface area contributed by atoms with E-state index in [0.29, 0.717) is 6.42 Å². The van der Waals surface area contributed by atoms with Crippen molar-refractivity contribution in [2.45, 2.75) is 115 Å². The lowest BCUT2D eigenvalue weighted by atomic mass is 10.0. The second kappa shape index (κ2) is 17.3. The average molecular weight is 459 g/mol. The number of nitrogens with one attached hydrogen (secondary N) is 2. The molecule has 0 aromatic carbocycles. The van der Waals surface area contributed by atoms with Crippen LogP contribution in [0.5, 0.6) is 0 Å². The van der Waals surface area contributed by atoms with Gasteiger partial charge in [-0.3, -0.25) is 9.59 Å². The molecule has 0 spiro atoms. The molecule has 8 nitrogen and oxygen atoms in total. The van der Waals surface area contributed by atoms with Crippen LogP contribution in [0, 0.1) is 5.92 Å². The summed E-state index contributed by atoms with van der Waals surface area (Å²) in [6.45, 7) is 4.42. The standard InChI is InChI=1S/C24H46N2O6/c1-18(2)14-12-10-8-6-4-5-7-9-11-13-15-20(27)25-16-21(28)26-19-17-32-24(31-3)23(30)22(19)29/h18-19,22-24,29-30H,4-17H2,1-3H3,(H,25,27)(H,26,28). The maximum absolute atomic E-state index is 12.0. The van der Waals surface area contributed by atoms with Crippen molar-refractivity contribution in [3.63, 3.8) is 0 Å². The Bertz CT molecular complexity index is 517. The summed E-state index contributed by atoms with van der Waals surface area (Å²) in [7, 11) is 1.37. The maximum atomic E-state index is 12.0. The summed E-state index contributed by atoms with van der Waals surface area (Å²) < 4.78 is 10.1. The summed E-state index contributed by atoms with van der Waals surface area (Å²) in [5.41, 5.74) is 0. The number of amides is 2. The normalized spacial score (nSPS) is 23.3. The van der Waals surface area contributed by atoms with E-state index >= 15 is 0 Å². The van der Waals surface area contributed by atoms with Crippen LogP contribution in [0.3, 0.4) is 0 Å². The van der Waals surface area contributed by atoms with Gasteiger partial charge in [-0.25, -0.2) is 0 Å². The van der Waals surface area contributed by atoms with E-state index in [1.807, 2.05) is 0 Å². The lowest BCUT2D eigenvalue weighted by Gasteiger charge is -2.36. The molecule has 1 fully saturated rings. The molecule has 0 aromatic heterocycles.